The van der Waals surface area contributed by atoms with Gasteiger partial charge >= 0.3 is 5.97 Å². The summed E-state index contributed by atoms with van der Waals surface area (Å²) < 4.78 is 10.1. The van der Waals surface area contributed by atoms with Gasteiger partial charge in [0.2, 0.25) is 0 Å². The molecule has 1 saturated carbocycles. The van der Waals surface area contributed by atoms with E-state index >= 15 is 0 Å². The van der Waals surface area contributed by atoms with Crippen LogP contribution >= 0.6 is 0 Å². The molecule has 1 aliphatic carbocycles. The lowest BCUT2D eigenvalue weighted by atomic mass is 10.1. The van der Waals surface area contributed by atoms with Crippen molar-refractivity contribution in [2.75, 3.05) is 7.11 Å². The lowest BCUT2D eigenvalue weighted by Gasteiger charge is -2.20. The number of hydrogen-bond acceptors (Lipinski definition) is 5. The number of rotatable bonds is 5. The second-order valence-electron chi connectivity index (χ2n) is 6.10. The Morgan fingerprint density at radius 2 is 1.88 bits per heavy atom. The molecular weight excluding hydrogens is 310 g/mol. The van der Waals surface area contributed by atoms with Crippen LogP contribution < -0.4 is 10.1 Å². The fourth-order valence-corrected chi connectivity index (χ4v) is 2.87. The lowest BCUT2D eigenvalue weighted by molar-refractivity contribution is -0.129. The summed E-state index contributed by atoms with van der Waals surface area (Å²) in [5, 5.41) is 12.9. The van der Waals surface area contributed by atoms with Crippen LogP contribution in [0.2, 0.25) is 0 Å². The summed E-state index contributed by atoms with van der Waals surface area (Å²) in [6, 6.07) is 4.68. The van der Waals surface area contributed by atoms with E-state index < -0.39 is 12.1 Å². The quantitative estimate of drug-likeness (QED) is 0.638. The number of ether oxygens (including phenoxy) is 2. The van der Waals surface area contributed by atoms with Crippen molar-refractivity contribution in [2.24, 2.45) is 0 Å². The summed E-state index contributed by atoms with van der Waals surface area (Å²) in [5.41, 5.74) is -0.0246. The van der Waals surface area contributed by atoms with E-state index in [0.29, 0.717) is 0 Å². The Kier molecular flexibility index (Phi) is 6.46. The molecule has 24 heavy (non-hydrogen) atoms. The molecule has 2 N–H and O–H groups in total. The summed E-state index contributed by atoms with van der Waals surface area (Å²) in [6.45, 7) is 1.53. The largest absolute Gasteiger partial charge is 0.504 e. The second-order valence-corrected chi connectivity index (χ2v) is 6.10. The maximum atomic E-state index is 12.2. The number of hydrogen-bond donors (Lipinski definition) is 2. The van der Waals surface area contributed by atoms with Crippen molar-refractivity contribution in [1.29, 1.82) is 0 Å². The Morgan fingerprint density at radius 3 is 2.50 bits per heavy atom. The van der Waals surface area contributed by atoms with E-state index in [-0.39, 0.29) is 29.0 Å². The first-order valence-electron chi connectivity index (χ1n) is 8.40. The van der Waals surface area contributed by atoms with Gasteiger partial charge in [-0.1, -0.05) is 31.7 Å². The number of phenolic OH excluding ortho intramolecular Hbond substituents is 1. The normalized spacial score (nSPS) is 16.8. The Hall–Kier alpha value is -2.24. The minimum Gasteiger partial charge on any atom is -0.504 e. The molecule has 0 radical (unpaired) electrons. The van der Waals surface area contributed by atoms with Gasteiger partial charge in [-0.2, -0.15) is 0 Å². The molecule has 0 saturated heterocycles. The Balaban J connectivity index is 1.94. The first-order chi connectivity index (χ1) is 11.5. The molecule has 1 aromatic carbocycles. The summed E-state index contributed by atoms with van der Waals surface area (Å²) in [5.74, 6) is -1.17. The van der Waals surface area contributed by atoms with E-state index in [2.05, 4.69) is 5.32 Å². The highest BCUT2D eigenvalue weighted by Crippen LogP contribution is 2.30. The molecule has 0 bridgehead atoms. The third-order valence-corrected chi connectivity index (χ3v) is 4.29. The fourth-order valence-electron chi connectivity index (χ4n) is 2.87. The second kappa shape index (κ2) is 8.57. The summed E-state index contributed by atoms with van der Waals surface area (Å²) in [6.07, 6.45) is 5.61. The minimum absolute atomic E-state index is 0.0246. The van der Waals surface area contributed by atoms with Gasteiger partial charge in [0.1, 0.15) is 5.56 Å². The number of phenols is 1. The van der Waals surface area contributed by atoms with Crippen LogP contribution in [0.15, 0.2) is 18.2 Å². The zero-order valence-corrected chi connectivity index (χ0v) is 14.2. The van der Waals surface area contributed by atoms with Crippen molar-refractivity contribution in [3.05, 3.63) is 23.8 Å². The van der Waals surface area contributed by atoms with Gasteiger partial charge in [0.05, 0.1) is 7.11 Å². The first kappa shape index (κ1) is 18.1. The van der Waals surface area contributed by atoms with Gasteiger partial charge in [-0.15, -0.1) is 0 Å². The van der Waals surface area contributed by atoms with E-state index in [1.807, 2.05) is 0 Å². The molecule has 0 aromatic heterocycles. The molecule has 6 nitrogen and oxygen atoms in total. The number of esters is 1. The van der Waals surface area contributed by atoms with Gasteiger partial charge < -0.3 is 19.9 Å². The summed E-state index contributed by atoms with van der Waals surface area (Å²) in [7, 11) is 1.40. The molecule has 1 atom stereocenters. The average Bonchev–Trinajstić information content (AvgIpc) is 2.83. The zero-order valence-electron chi connectivity index (χ0n) is 14.2. The Labute approximate surface area is 142 Å². The first-order valence-corrected chi connectivity index (χ1v) is 8.40. The SMILES string of the molecule is COc1cccc(C(=O)OC(C)C(=O)NC2CCCCCC2)c1O. The van der Waals surface area contributed by atoms with Gasteiger partial charge in [-0.25, -0.2) is 4.79 Å². The Morgan fingerprint density at radius 1 is 1.21 bits per heavy atom. The predicted molar refractivity (Wildman–Crippen MR) is 89.2 cm³/mol. The van der Waals surface area contributed by atoms with Gasteiger partial charge in [-0.3, -0.25) is 4.79 Å². The maximum Gasteiger partial charge on any atom is 0.342 e. The summed E-state index contributed by atoms with van der Waals surface area (Å²) in [4.78, 5) is 24.4. The van der Waals surface area contributed by atoms with Crippen LogP contribution in [-0.4, -0.2) is 36.2 Å². The minimum atomic E-state index is -0.925. The van der Waals surface area contributed by atoms with Gasteiger partial charge in [0, 0.05) is 6.04 Å². The molecule has 0 aliphatic heterocycles. The molecule has 2 rings (SSSR count). The number of carbonyl (C=O) groups is 2. The van der Waals surface area contributed by atoms with E-state index in [4.69, 9.17) is 9.47 Å². The van der Waals surface area contributed by atoms with E-state index in [9.17, 15) is 14.7 Å². The van der Waals surface area contributed by atoms with Crippen molar-refractivity contribution >= 4 is 11.9 Å². The average molecular weight is 335 g/mol. The molecule has 6 heteroatoms. The standard InChI is InChI=1S/C18H25NO5/c1-12(17(21)19-13-8-5-3-4-6-9-13)24-18(22)14-10-7-11-15(23-2)16(14)20/h7,10-13,20H,3-6,8-9H2,1-2H3,(H,19,21). The van der Waals surface area contributed by atoms with E-state index in [1.165, 1.54) is 39.0 Å². The van der Waals surface area contributed by atoms with Crippen LogP contribution in [0.4, 0.5) is 0 Å². The third kappa shape index (κ3) is 4.63. The molecule has 1 aliphatic rings. The highest BCUT2D eigenvalue weighted by Gasteiger charge is 2.24. The molecule has 0 heterocycles. The van der Waals surface area contributed by atoms with Crippen LogP contribution in [0, 0.1) is 0 Å². The maximum absolute atomic E-state index is 12.2. The van der Waals surface area contributed by atoms with Crippen LogP contribution in [0.1, 0.15) is 55.8 Å². The van der Waals surface area contributed by atoms with Crippen LogP contribution in [-0.2, 0) is 9.53 Å². The lowest BCUT2D eigenvalue weighted by Crippen LogP contribution is -2.41. The van der Waals surface area contributed by atoms with Gasteiger partial charge in [0.15, 0.2) is 17.6 Å². The number of carbonyl (C=O) groups excluding carboxylic acids is 2. The van der Waals surface area contributed by atoms with Crippen LogP contribution in [0.25, 0.3) is 0 Å². The van der Waals surface area contributed by atoms with Crippen molar-refractivity contribution < 1.29 is 24.2 Å². The molecule has 1 amide bonds. The summed E-state index contributed by atoms with van der Waals surface area (Å²) >= 11 is 0. The van der Waals surface area contributed by atoms with Crippen molar-refractivity contribution in [2.45, 2.75) is 57.6 Å². The molecule has 1 unspecified atom stereocenters. The molecule has 1 fully saturated rings. The van der Waals surface area contributed by atoms with Crippen LogP contribution in [0.5, 0.6) is 11.5 Å². The van der Waals surface area contributed by atoms with E-state index in [1.54, 1.807) is 6.07 Å². The Bertz CT molecular complexity index is 579. The number of methoxy groups -OCH3 is 1. The number of amides is 1. The highest BCUT2D eigenvalue weighted by molar-refractivity contribution is 5.95. The molecule has 132 valence electrons. The molecule has 0 spiro atoms. The van der Waals surface area contributed by atoms with Gasteiger partial charge in [-0.05, 0) is 31.9 Å². The molecular formula is C18H25NO5. The molecule has 1 aromatic rings. The van der Waals surface area contributed by atoms with Crippen molar-refractivity contribution in [1.82, 2.24) is 5.32 Å². The third-order valence-electron chi connectivity index (χ3n) is 4.29. The van der Waals surface area contributed by atoms with Crippen LogP contribution in [0.3, 0.4) is 0 Å². The number of para-hydroxylation sites is 1. The topological polar surface area (TPSA) is 84.9 Å². The number of aromatic hydroxyl groups is 1. The number of benzene rings is 1. The van der Waals surface area contributed by atoms with Gasteiger partial charge in [0.25, 0.3) is 5.91 Å². The monoisotopic (exact) mass is 335 g/mol. The zero-order chi connectivity index (χ0) is 17.5. The smallest absolute Gasteiger partial charge is 0.342 e. The number of nitrogens with one attached hydrogen (secondary N) is 1. The van der Waals surface area contributed by atoms with Crippen molar-refractivity contribution in [3.63, 3.8) is 0 Å². The predicted octanol–water partition coefficient (Wildman–Crippen LogP) is 2.79. The van der Waals surface area contributed by atoms with E-state index in [0.717, 1.165) is 25.7 Å². The highest BCUT2D eigenvalue weighted by atomic mass is 16.5. The van der Waals surface area contributed by atoms with Crippen molar-refractivity contribution in [3.8, 4) is 11.5 Å². The fraction of sp³-hybridized carbons (Fsp3) is 0.556.